The number of ketones is 1. The summed E-state index contributed by atoms with van der Waals surface area (Å²) in [5.74, 6) is 0.641. The molecule has 0 saturated heterocycles. The van der Waals surface area contributed by atoms with Gasteiger partial charge in [0.25, 0.3) is 0 Å². The van der Waals surface area contributed by atoms with Gasteiger partial charge in [-0.2, -0.15) is 0 Å². The van der Waals surface area contributed by atoms with Crippen molar-refractivity contribution in [2.24, 2.45) is 4.99 Å². The van der Waals surface area contributed by atoms with Crippen LogP contribution in [0.25, 0.3) is 0 Å². The Hall–Kier alpha value is -2.13. The zero-order valence-corrected chi connectivity index (χ0v) is 14.3. The van der Waals surface area contributed by atoms with Crippen LogP contribution in [-0.4, -0.2) is 24.6 Å². The van der Waals surface area contributed by atoms with Gasteiger partial charge in [-0.05, 0) is 50.1 Å². The van der Waals surface area contributed by atoms with Crippen LogP contribution in [0.4, 0.5) is 0 Å². The van der Waals surface area contributed by atoms with E-state index in [-0.39, 0.29) is 11.3 Å². The second kappa shape index (κ2) is 7.42. The SMILES string of the molecule is COc1ccc(CC(C)(C)/N=C/C(=O)c2ccccc2Cl)cc1. The lowest BCUT2D eigenvalue weighted by atomic mass is 9.95. The minimum Gasteiger partial charge on any atom is -0.497 e. The van der Waals surface area contributed by atoms with Crippen LogP contribution in [0.1, 0.15) is 29.8 Å². The highest BCUT2D eigenvalue weighted by Gasteiger charge is 2.17. The molecule has 3 nitrogen and oxygen atoms in total. The number of nitrogens with zero attached hydrogens (tertiary/aromatic N) is 1. The van der Waals surface area contributed by atoms with E-state index in [1.807, 2.05) is 38.1 Å². The molecule has 0 spiro atoms. The van der Waals surface area contributed by atoms with Crippen molar-refractivity contribution < 1.29 is 9.53 Å². The molecular formula is C19H20ClNO2. The summed E-state index contributed by atoms with van der Waals surface area (Å²) < 4.78 is 5.15. The summed E-state index contributed by atoms with van der Waals surface area (Å²) in [6, 6.07) is 14.8. The summed E-state index contributed by atoms with van der Waals surface area (Å²) in [4.78, 5) is 16.6. The molecule has 2 aromatic carbocycles. The molecule has 0 radical (unpaired) electrons. The van der Waals surface area contributed by atoms with Crippen LogP contribution in [0.2, 0.25) is 5.02 Å². The van der Waals surface area contributed by atoms with Gasteiger partial charge in [0.15, 0.2) is 0 Å². The maximum atomic E-state index is 12.2. The highest BCUT2D eigenvalue weighted by Crippen LogP contribution is 2.20. The Morgan fingerprint density at radius 1 is 1.17 bits per heavy atom. The van der Waals surface area contributed by atoms with Crippen molar-refractivity contribution in [1.29, 1.82) is 0 Å². The third-order valence-corrected chi connectivity index (χ3v) is 3.80. The van der Waals surface area contributed by atoms with E-state index in [0.29, 0.717) is 10.6 Å². The molecule has 0 saturated carbocycles. The molecule has 0 aliphatic rings. The summed E-state index contributed by atoms with van der Waals surface area (Å²) in [6.45, 7) is 3.99. The van der Waals surface area contributed by atoms with Gasteiger partial charge in [-0.1, -0.05) is 35.9 Å². The number of ether oxygens (including phenoxy) is 1. The van der Waals surface area contributed by atoms with E-state index in [0.717, 1.165) is 17.7 Å². The van der Waals surface area contributed by atoms with E-state index in [4.69, 9.17) is 16.3 Å². The predicted octanol–water partition coefficient (Wildman–Crippen LogP) is 4.62. The molecule has 0 aliphatic heterocycles. The van der Waals surface area contributed by atoms with Crippen LogP contribution in [0.5, 0.6) is 5.75 Å². The Kier molecular flexibility index (Phi) is 5.56. The molecule has 0 atom stereocenters. The van der Waals surface area contributed by atoms with Gasteiger partial charge in [-0.15, -0.1) is 0 Å². The number of benzene rings is 2. The topological polar surface area (TPSA) is 38.7 Å². The third kappa shape index (κ3) is 4.93. The molecule has 0 bridgehead atoms. The summed E-state index contributed by atoms with van der Waals surface area (Å²) in [7, 11) is 1.64. The zero-order chi connectivity index (χ0) is 16.9. The van der Waals surface area contributed by atoms with Crippen LogP contribution in [0, 0.1) is 0 Å². The lowest BCUT2D eigenvalue weighted by Crippen LogP contribution is -2.21. The van der Waals surface area contributed by atoms with Gasteiger partial charge < -0.3 is 4.74 Å². The van der Waals surface area contributed by atoms with E-state index >= 15 is 0 Å². The number of hydrogen-bond acceptors (Lipinski definition) is 3. The van der Waals surface area contributed by atoms with Crippen LogP contribution in [0.3, 0.4) is 0 Å². The van der Waals surface area contributed by atoms with Crippen molar-refractivity contribution in [2.75, 3.05) is 7.11 Å². The van der Waals surface area contributed by atoms with E-state index in [1.54, 1.807) is 31.4 Å². The molecule has 120 valence electrons. The smallest absolute Gasteiger partial charge is 0.205 e. The van der Waals surface area contributed by atoms with Crippen molar-refractivity contribution in [2.45, 2.75) is 25.8 Å². The second-order valence-electron chi connectivity index (χ2n) is 5.94. The monoisotopic (exact) mass is 329 g/mol. The number of carbonyl (C=O) groups excluding carboxylic acids is 1. The van der Waals surface area contributed by atoms with Crippen molar-refractivity contribution in [1.82, 2.24) is 0 Å². The van der Waals surface area contributed by atoms with Crippen molar-refractivity contribution in [3.63, 3.8) is 0 Å². The zero-order valence-electron chi connectivity index (χ0n) is 13.5. The Labute approximate surface area is 142 Å². The molecule has 2 rings (SSSR count). The molecule has 0 N–H and O–H groups in total. The molecule has 0 fully saturated rings. The van der Waals surface area contributed by atoms with Crippen molar-refractivity contribution in [3.8, 4) is 5.75 Å². The highest BCUT2D eigenvalue weighted by atomic mass is 35.5. The molecule has 0 heterocycles. The maximum absolute atomic E-state index is 12.2. The number of aliphatic imine (C=N–C) groups is 1. The first kappa shape index (κ1) is 17.2. The van der Waals surface area contributed by atoms with Gasteiger partial charge >= 0.3 is 0 Å². The van der Waals surface area contributed by atoms with E-state index in [2.05, 4.69) is 4.99 Å². The molecule has 0 unspecified atom stereocenters. The minimum absolute atomic E-state index is 0.182. The Balaban J connectivity index is 2.07. The number of Topliss-reactive ketones (excluding diaryl/α,β-unsaturated/α-hetero) is 1. The van der Waals surface area contributed by atoms with Gasteiger partial charge in [-0.3, -0.25) is 9.79 Å². The van der Waals surface area contributed by atoms with Gasteiger partial charge in [0.2, 0.25) is 5.78 Å². The fourth-order valence-corrected chi connectivity index (χ4v) is 2.48. The molecule has 4 heteroatoms. The minimum atomic E-state index is -0.383. The second-order valence-corrected chi connectivity index (χ2v) is 6.35. The van der Waals surface area contributed by atoms with E-state index < -0.39 is 0 Å². The highest BCUT2D eigenvalue weighted by molar-refractivity contribution is 6.42. The van der Waals surface area contributed by atoms with Crippen LogP contribution >= 0.6 is 11.6 Å². The summed E-state index contributed by atoms with van der Waals surface area (Å²) in [6.07, 6.45) is 2.09. The van der Waals surface area contributed by atoms with Gasteiger partial charge in [-0.25, -0.2) is 0 Å². The fraction of sp³-hybridized carbons (Fsp3) is 0.263. The van der Waals surface area contributed by atoms with Crippen LogP contribution in [0.15, 0.2) is 53.5 Å². The van der Waals surface area contributed by atoms with Gasteiger partial charge in [0.05, 0.1) is 23.9 Å². The Bertz CT molecular complexity index is 706. The lowest BCUT2D eigenvalue weighted by Gasteiger charge is -2.19. The third-order valence-electron chi connectivity index (χ3n) is 3.47. The van der Waals surface area contributed by atoms with Gasteiger partial charge in [0, 0.05) is 5.56 Å². The van der Waals surface area contributed by atoms with Gasteiger partial charge in [0.1, 0.15) is 5.75 Å². The van der Waals surface area contributed by atoms with Crippen LogP contribution in [-0.2, 0) is 6.42 Å². The number of carbonyl (C=O) groups is 1. The number of hydrogen-bond donors (Lipinski definition) is 0. The average molecular weight is 330 g/mol. The normalized spacial score (nSPS) is 11.7. The first-order chi connectivity index (χ1) is 10.9. The summed E-state index contributed by atoms with van der Waals surface area (Å²) >= 11 is 6.03. The lowest BCUT2D eigenvalue weighted by molar-refractivity contribution is 0.107. The number of methoxy groups -OCH3 is 1. The van der Waals surface area contributed by atoms with Crippen molar-refractivity contribution in [3.05, 3.63) is 64.7 Å². The molecule has 0 aliphatic carbocycles. The molecule has 0 aromatic heterocycles. The molecule has 23 heavy (non-hydrogen) atoms. The molecular weight excluding hydrogens is 310 g/mol. The first-order valence-corrected chi connectivity index (χ1v) is 7.76. The van der Waals surface area contributed by atoms with Crippen molar-refractivity contribution >= 4 is 23.6 Å². The molecule has 2 aromatic rings. The van der Waals surface area contributed by atoms with E-state index in [9.17, 15) is 4.79 Å². The summed E-state index contributed by atoms with van der Waals surface area (Å²) in [5, 5.41) is 0.442. The quantitative estimate of drug-likeness (QED) is 0.572. The Morgan fingerprint density at radius 2 is 1.83 bits per heavy atom. The Morgan fingerprint density at radius 3 is 2.43 bits per heavy atom. The molecule has 0 amide bonds. The van der Waals surface area contributed by atoms with Crippen LogP contribution < -0.4 is 4.74 Å². The largest absolute Gasteiger partial charge is 0.497 e. The fourth-order valence-electron chi connectivity index (χ4n) is 2.25. The average Bonchev–Trinajstić information content (AvgIpc) is 2.53. The number of rotatable bonds is 6. The van der Waals surface area contributed by atoms with E-state index in [1.165, 1.54) is 6.21 Å². The first-order valence-electron chi connectivity index (χ1n) is 7.38. The summed E-state index contributed by atoms with van der Waals surface area (Å²) in [5.41, 5.74) is 1.22. The standard InChI is InChI=1S/C19H20ClNO2/c1-19(2,12-14-8-10-15(23-3)11-9-14)21-13-18(22)16-6-4-5-7-17(16)20/h4-11,13H,12H2,1-3H3/b21-13+. The maximum Gasteiger partial charge on any atom is 0.205 e. The predicted molar refractivity (Wildman–Crippen MR) is 95.1 cm³/mol. The number of halogens is 1.